The molecule has 0 amide bonds. The van der Waals surface area contributed by atoms with Crippen molar-refractivity contribution in [3.8, 4) is 5.75 Å². The number of rotatable bonds is 8. The van der Waals surface area contributed by atoms with Crippen molar-refractivity contribution in [2.45, 2.75) is 45.4 Å². The SMILES string of the molecule is CCCOc1cc(NCCC2CCCC2)cc([N+](=O)[O-])c1. The van der Waals surface area contributed by atoms with E-state index in [1.807, 2.05) is 13.0 Å². The van der Waals surface area contributed by atoms with Crippen LogP contribution in [-0.2, 0) is 0 Å². The van der Waals surface area contributed by atoms with Gasteiger partial charge in [0.15, 0.2) is 0 Å². The predicted molar refractivity (Wildman–Crippen MR) is 83.9 cm³/mol. The van der Waals surface area contributed by atoms with E-state index in [1.165, 1.54) is 31.7 Å². The van der Waals surface area contributed by atoms with Crippen molar-refractivity contribution in [3.05, 3.63) is 28.3 Å². The second-order valence-corrected chi connectivity index (χ2v) is 5.69. The molecule has 0 atom stereocenters. The lowest BCUT2D eigenvalue weighted by Crippen LogP contribution is -2.07. The first kappa shape index (κ1) is 15.6. The summed E-state index contributed by atoms with van der Waals surface area (Å²) >= 11 is 0. The number of nitrogens with zero attached hydrogens (tertiary/aromatic N) is 1. The first-order valence-corrected chi connectivity index (χ1v) is 7.85. The number of nitro groups is 1. The molecule has 0 spiro atoms. The molecule has 0 aromatic heterocycles. The number of nitrogens with one attached hydrogen (secondary N) is 1. The Morgan fingerprint density at radius 2 is 2.10 bits per heavy atom. The first-order chi connectivity index (χ1) is 10.2. The molecule has 116 valence electrons. The number of benzene rings is 1. The first-order valence-electron chi connectivity index (χ1n) is 7.85. The molecule has 0 unspecified atom stereocenters. The Bertz CT molecular complexity index is 471. The smallest absolute Gasteiger partial charge is 0.275 e. The van der Waals surface area contributed by atoms with Gasteiger partial charge < -0.3 is 10.1 Å². The van der Waals surface area contributed by atoms with E-state index in [4.69, 9.17) is 4.74 Å². The molecular formula is C16H24N2O3. The summed E-state index contributed by atoms with van der Waals surface area (Å²) in [6, 6.07) is 4.91. The Morgan fingerprint density at radius 3 is 2.76 bits per heavy atom. The highest BCUT2D eigenvalue weighted by Gasteiger charge is 2.15. The van der Waals surface area contributed by atoms with Crippen LogP contribution in [0.1, 0.15) is 45.4 Å². The minimum Gasteiger partial charge on any atom is -0.493 e. The molecule has 0 aliphatic heterocycles. The van der Waals surface area contributed by atoms with Crippen LogP contribution < -0.4 is 10.1 Å². The van der Waals surface area contributed by atoms with Crippen LogP contribution >= 0.6 is 0 Å². The third kappa shape index (κ3) is 4.92. The highest BCUT2D eigenvalue weighted by atomic mass is 16.6. The third-order valence-corrected chi connectivity index (χ3v) is 3.93. The fourth-order valence-electron chi connectivity index (χ4n) is 2.81. The molecule has 0 bridgehead atoms. The maximum Gasteiger partial charge on any atom is 0.275 e. The van der Waals surface area contributed by atoms with Gasteiger partial charge in [0.25, 0.3) is 5.69 Å². The molecule has 1 aliphatic carbocycles. The van der Waals surface area contributed by atoms with Crippen molar-refractivity contribution in [2.75, 3.05) is 18.5 Å². The van der Waals surface area contributed by atoms with Gasteiger partial charge in [0.05, 0.1) is 17.6 Å². The van der Waals surface area contributed by atoms with E-state index in [0.717, 1.165) is 31.0 Å². The number of nitro benzene ring substituents is 1. The normalized spacial score (nSPS) is 15.1. The van der Waals surface area contributed by atoms with E-state index in [2.05, 4.69) is 5.32 Å². The molecule has 5 nitrogen and oxygen atoms in total. The zero-order valence-corrected chi connectivity index (χ0v) is 12.6. The molecule has 1 aromatic carbocycles. The lowest BCUT2D eigenvalue weighted by atomic mass is 10.0. The summed E-state index contributed by atoms with van der Waals surface area (Å²) in [5.74, 6) is 1.38. The highest BCUT2D eigenvalue weighted by Crippen LogP contribution is 2.29. The fraction of sp³-hybridized carbons (Fsp3) is 0.625. The van der Waals surface area contributed by atoms with Gasteiger partial charge in [-0.25, -0.2) is 0 Å². The van der Waals surface area contributed by atoms with Crippen LogP contribution in [0.5, 0.6) is 5.75 Å². The summed E-state index contributed by atoms with van der Waals surface area (Å²) in [6.07, 6.45) is 7.34. The Balaban J connectivity index is 1.95. The van der Waals surface area contributed by atoms with Crippen LogP contribution in [-0.4, -0.2) is 18.1 Å². The van der Waals surface area contributed by atoms with Crippen LogP contribution in [0.2, 0.25) is 0 Å². The monoisotopic (exact) mass is 292 g/mol. The second-order valence-electron chi connectivity index (χ2n) is 5.69. The molecule has 0 radical (unpaired) electrons. The predicted octanol–water partition coefficient (Wildman–Crippen LogP) is 4.38. The maximum atomic E-state index is 11.0. The van der Waals surface area contributed by atoms with Gasteiger partial charge in [0, 0.05) is 24.4 Å². The molecule has 21 heavy (non-hydrogen) atoms. The van der Waals surface area contributed by atoms with Gasteiger partial charge in [-0.05, 0) is 18.8 Å². The van der Waals surface area contributed by atoms with Crippen LogP contribution in [0.3, 0.4) is 0 Å². The molecule has 1 saturated carbocycles. The van der Waals surface area contributed by atoms with Gasteiger partial charge in [0.2, 0.25) is 0 Å². The van der Waals surface area contributed by atoms with Crippen LogP contribution in [0.15, 0.2) is 18.2 Å². The molecule has 1 fully saturated rings. The summed E-state index contributed by atoms with van der Waals surface area (Å²) in [4.78, 5) is 10.6. The molecule has 5 heteroatoms. The second kappa shape index (κ2) is 7.86. The van der Waals surface area contributed by atoms with Gasteiger partial charge in [0.1, 0.15) is 5.75 Å². The van der Waals surface area contributed by atoms with E-state index in [0.29, 0.717) is 12.4 Å². The molecule has 1 N–H and O–H groups in total. The third-order valence-electron chi connectivity index (χ3n) is 3.93. The summed E-state index contributed by atoms with van der Waals surface area (Å²) in [5, 5.41) is 14.3. The molecule has 0 heterocycles. The zero-order valence-electron chi connectivity index (χ0n) is 12.6. The van der Waals surface area contributed by atoms with Gasteiger partial charge in [-0.3, -0.25) is 10.1 Å². The van der Waals surface area contributed by atoms with E-state index >= 15 is 0 Å². The van der Waals surface area contributed by atoms with Crippen molar-refractivity contribution in [2.24, 2.45) is 5.92 Å². The minimum absolute atomic E-state index is 0.0759. The van der Waals surface area contributed by atoms with E-state index in [1.54, 1.807) is 6.07 Å². The molecule has 2 rings (SSSR count). The summed E-state index contributed by atoms with van der Waals surface area (Å²) in [5.41, 5.74) is 0.847. The topological polar surface area (TPSA) is 64.4 Å². The van der Waals surface area contributed by atoms with E-state index in [9.17, 15) is 10.1 Å². The van der Waals surface area contributed by atoms with Gasteiger partial charge in [-0.2, -0.15) is 0 Å². The molecule has 1 aromatic rings. The van der Waals surface area contributed by atoms with Crippen LogP contribution in [0.4, 0.5) is 11.4 Å². The Kier molecular flexibility index (Phi) is 5.84. The average molecular weight is 292 g/mol. The lowest BCUT2D eigenvalue weighted by Gasteiger charge is -2.12. The Morgan fingerprint density at radius 1 is 1.33 bits per heavy atom. The minimum atomic E-state index is -0.374. The number of hydrogen-bond acceptors (Lipinski definition) is 4. The lowest BCUT2D eigenvalue weighted by molar-refractivity contribution is -0.384. The van der Waals surface area contributed by atoms with Crippen molar-refractivity contribution >= 4 is 11.4 Å². The van der Waals surface area contributed by atoms with Crippen LogP contribution in [0.25, 0.3) is 0 Å². The zero-order chi connectivity index (χ0) is 15.1. The highest BCUT2D eigenvalue weighted by molar-refractivity contribution is 5.56. The average Bonchev–Trinajstić information content (AvgIpc) is 2.98. The Labute approximate surface area is 125 Å². The number of hydrogen-bond donors (Lipinski definition) is 1. The summed E-state index contributed by atoms with van der Waals surface area (Å²) < 4.78 is 5.52. The van der Waals surface area contributed by atoms with Crippen molar-refractivity contribution in [1.82, 2.24) is 0 Å². The quantitative estimate of drug-likeness (QED) is 0.570. The van der Waals surface area contributed by atoms with Crippen LogP contribution in [0, 0.1) is 16.0 Å². The van der Waals surface area contributed by atoms with Gasteiger partial charge in [-0.15, -0.1) is 0 Å². The number of non-ortho nitro benzene ring substituents is 1. The van der Waals surface area contributed by atoms with Crippen molar-refractivity contribution in [1.29, 1.82) is 0 Å². The fourth-order valence-corrected chi connectivity index (χ4v) is 2.81. The number of ether oxygens (including phenoxy) is 1. The van der Waals surface area contributed by atoms with Gasteiger partial charge in [-0.1, -0.05) is 32.6 Å². The molecule has 0 saturated heterocycles. The molecule has 1 aliphatic rings. The summed E-state index contributed by atoms with van der Waals surface area (Å²) in [7, 11) is 0. The Hall–Kier alpha value is -1.78. The van der Waals surface area contributed by atoms with Crippen molar-refractivity contribution < 1.29 is 9.66 Å². The number of anilines is 1. The maximum absolute atomic E-state index is 11.0. The standard InChI is InChI=1S/C16H24N2O3/c1-2-9-21-16-11-14(10-15(12-16)18(19)20)17-8-7-13-5-3-4-6-13/h10-13,17H,2-9H2,1H3. The summed E-state index contributed by atoms with van der Waals surface area (Å²) in [6.45, 7) is 3.44. The molecular weight excluding hydrogens is 268 g/mol. The largest absolute Gasteiger partial charge is 0.493 e. The van der Waals surface area contributed by atoms with Crippen molar-refractivity contribution in [3.63, 3.8) is 0 Å². The van der Waals surface area contributed by atoms with Gasteiger partial charge >= 0.3 is 0 Å². The van der Waals surface area contributed by atoms with E-state index in [-0.39, 0.29) is 10.6 Å². The van der Waals surface area contributed by atoms with E-state index < -0.39 is 0 Å².